The van der Waals surface area contributed by atoms with E-state index in [-0.39, 0.29) is 18.4 Å². The van der Waals surface area contributed by atoms with Gasteiger partial charge in [0.05, 0.1) is 11.3 Å². The summed E-state index contributed by atoms with van der Waals surface area (Å²) in [7, 11) is 0. The molecule has 1 unspecified atom stereocenters. The lowest BCUT2D eigenvalue weighted by Gasteiger charge is -2.14. The summed E-state index contributed by atoms with van der Waals surface area (Å²) in [5, 5.41) is 11.9. The quantitative estimate of drug-likeness (QED) is 0.650. The van der Waals surface area contributed by atoms with E-state index in [2.05, 4.69) is 5.32 Å². The molecule has 0 saturated carbocycles. The van der Waals surface area contributed by atoms with Gasteiger partial charge in [-0.1, -0.05) is 0 Å². The molecule has 0 spiro atoms. The van der Waals surface area contributed by atoms with Gasteiger partial charge in [0.25, 0.3) is 0 Å². The second-order valence-electron chi connectivity index (χ2n) is 3.63. The van der Waals surface area contributed by atoms with Crippen LogP contribution in [0, 0.1) is 11.3 Å². The number of nitrogens with two attached hydrogens (primary N) is 2. The maximum absolute atomic E-state index is 10.7. The third kappa shape index (κ3) is 3.17. The number of primary amides is 1. The Hall–Kier alpha value is -2.22. The third-order valence-electron chi connectivity index (χ3n) is 2.07. The van der Waals surface area contributed by atoms with Gasteiger partial charge in [0.2, 0.25) is 5.91 Å². The highest BCUT2D eigenvalue weighted by Crippen LogP contribution is 2.19. The van der Waals surface area contributed by atoms with Crippen LogP contribution in [-0.2, 0) is 4.79 Å². The number of amides is 1. The van der Waals surface area contributed by atoms with Crippen LogP contribution in [-0.4, -0.2) is 11.9 Å². The summed E-state index contributed by atoms with van der Waals surface area (Å²) >= 11 is 0. The van der Waals surface area contributed by atoms with Gasteiger partial charge >= 0.3 is 0 Å². The number of nitriles is 1. The molecule has 0 aliphatic rings. The standard InChI is InChI=1S/C11H14N4O/c1-7(4-11(14)16)15-10-3-2-9(13)5-8(10)6-12/h2-3,5,7,15H,4,13H2,1H3,(H2,14,16). The highest BCUT2D eigenvalue weighted by atomic mass is 16.1. The number of carbonyl (C=O) groups is 1. The minimum atomic E-state index is -0.381. The van der Waals surface area contributed by atoms with Gasteiger partial charge in [0.15, 0.2) is 0 Å². The van der Waals surface area contributed by atoms with Gasteiger partial charge in [-0.15, -0.1) is 0 Å². The van der Waals surface area contributed by atoms with Crippen molar-refractivity contribution in [1.82, 2.24) is 0 Å². The first-order valence-corrected chi connectivity index (χ1v) is 4.87. The molecule has 1 aromatic carbocycles. The number of anilines is 2. The van der Waals surface area contributed by atoms with Crippen LogP contribution in [0.15, 0.2) is 18.2 Å². The number of rotatable bonds is 4. The van der Waals surface area contributed by atoms with Gasteiger partial charge in [0, 0.05) is 18.2 Å². The predicted molar refractivity (Wildman–Crippen MR) is 62.5 cm³/mol. The Morgan fingerprint density at radius 2 is 2.31 bits per heavy atom. The van der Waals surface area contributed by atoms with Crippen molar-refractivity contribution in [3.05, 3.63) is 23.8 Å². The molecule has 5 N–H and O–H groups in total. The van der Waals surface area contributed by atoms with E-state index >= 15 is 0 Å². The summed E-state index contributed by atoms with van der Waals surface area (Å²) in [5.41, 5.74) is 12.3. The zero-order valence-corrected chi connectivity index (χ0v) is 9.03. The first-order valence-electron chi connectivity index (χ1n) is 4.87. The summed E-state index contributed by atoms with van der Waals surface area (Å²) < 4.78 is 0. The molecular formula is C11H14N4O. The van der Waals surface area contributed by atoms with Crippen LogP contribution in [0.1, 0.15) is 18.9 Å². The highest BCUT2D eigenvalue weighted by Gasteiger charge is 2.08. The Kier molecular flexibility index (Phi) is 3.72. The number of nitrogen functional groups attached to an aromatic ring is 1. The average Bonchev–Trinajstić information content (AvgIpc) is 2.19. The van der Waals surface area contributed by atoms with Crippen LogP contribution in [0.25, 0.3) is 0 Å². The second kappa shape index (κ2) is 5.03. The molecule has 0 saturated heterocycles. The first-order chi connectivity index (χ1) is 7.52. The molecule has 1 aromatic rings. The maximum atomic E-state index is 10.7. The minimum Gasteiger partial charge on any atom is -0.399 e. The fourth-order valence-corrected chi connectivity index (χ4v) is 1.40. The van der Waals surface area contributed by atoms with E-state index in [1.54, 1.807) is 18.2 Å². The second-order valence-corrected chi connectivity index (χ2v) is 3.63. The highest BCUT2D eigenvalue weighted by molar-refractivity contribution is 5.75. The van der Waals surface area contributed by atoms with Crippen molar-refractivity contribution in [3.8, 4) is 6.07 Å². The van der Waals surface area contributed by atoms with Crippen molar-refractivity contribution in [1.29, 1.82) is 5.26 Å². The molecule has 0 fully saturated rings. The Morgan fingerprint density at radius 1 is 1.62 bits per heavy atom. The van der Waals surface area contributed by atoms with Gasteiger partial charge in [-0.3, -0.25) is 4.79 Å². The summed E-state index contributed by atoms with van der Waals surface area (Å²) in [6.07, 6.45) is 0.218. The minimum absolute atomic E-state index is 0.117. The number of nitrogens with one attached hydrogen (secondary N) is 1. The fourth-order valence-electron chi connectivity index (χ4n) is 1.40. The summed E-state index contributed by atoms with van der Waals surface area (Å²) in [6.45, 7) is 1.82. The number of nitrogens with zero attached hydrogens (tertiary/aromatic N) is 1. The van der Waals surface area contributed by atoms with E-state index < -0.39 is 0 Å². The predicted octanol–water partition coefficient (Wildman–Crippen LogP) is 0.816. The van der Waals surface area contributed by atoms with Crippen LogP contribution >= 0.6 is 0 Å². The molecule has 1 atom stereocenters. The lowest BCUT2D eigenvalue weighted by Crippen LogP contribution is -2.24. The van der Waals surface area contributed by atoms with E-state index in [1.165, 1.54) is 0 Å². The molecule has 0 aliphatic heterocycles. The zero-order chi connectivity index (χ0) is 12.1. The van der Waals surface area contributed by atoms with Gasteiger partial charge in [0.1, 0.15) is 6.07 Å². The molecule has 0 aromatic heterocycles. The Balaban J connectivity index is 2.81. The van der Waals surface area contributed by atoms with E-state index in [0.717, 1.165) is 0 Å². The molecule has 1 rings (SSSR count). The Labute approximate surface area is 94.0 Å². The molecule has 0 aliphatic carbocycles. The molecule has 84 valence electrons. The topological polar surface area (TPSA) is 105 Å². The molecule has 5 heteroatoms. The SMILES string of the molecule is CC(CC(N)=O)Nc1ccc(N)cc1C#N. The van der Waals surface area contributed by atoms with E-state index in [0.29, 0.717) is 16.9 Å². The van der Waals surface area contributed by atoms with Crippen molar-refractivity contribution in [2.75, 3.05) is 11.1 Å². The zero-order valence-electron chi connectivity index (χ0n) is 9.03. The summed E-state index contributed by atoms with van der Waals surface area (Å²) in [5.74, 6) is -0.381. The van der Waals surface area contributed by atoms with Crippen molar-refractivity contribution in [3.63, 3.8) is 0 Å². The smallest absolute Gasteiger partial charge is 0.219 e. The van der Waals surface area contributed by atoms with Crippen LogP contribution < -0.4 is 16.8 Å². The molecular weight excluding hydrogens is 204 g/mol. The van der Waals surface area contributed by atoms with E-state index in [9.17, 15) is 4.79 Å². The molecule has 16 heavy (non-hydrogen) atoms. The van der Waals surface area contributed by atoms with Crippen LogP contribution in [0.5, 0.6) is 0 Å². The normalized spacial score (nSPS) is 11.5. The summed E-state index contributed by atoms with van der Waals surface area (Å²) in [6, 6.07) is 6.91. The Bertz CT molecular complexity index is 436. The molecule has 5 nitrogen and oxygen atoms in total. The number of hydrogen-bond acceptors (Lipinski definition) is 4. The van der Waals surface area contributed by atoms with Crippen LogP contribution in [0.2, 0.25) is 0 Å². The van der Waals surface area contributed by atoms with Crippen molar-refractivity contribution in [2.45, 2.75) is 19.4 Å². The Morgan fingerprint density at radius 3 is 2.88 bits per heavy atom. The van der Waals surface area contributed by atoms with Gasteiger partial charge in [-0.2, -0.15) is 5.26 Å². The largest absolute Gasteiger partial charge is 0.399 e. The number of benzene rings is 1. The van der Waals surface area contributed by atoms with Crippen LogP contribution in [0.3, 0.4) is 0 Å². The lowest BCUT2D eigenvalue weighted by atomic mass is 10.1. The van der Waals surface area contributed by atoms with Crippen LogP contribution in [0.4, 0.5) is 11.4 Å². The monoisotopic (exact) mass is 218 g/mol. The average molecular weight is 218 g/mol. The fraction of sp³-hybridized carbons (Fsp3) is 0.273. The molecule has 0 heterocycles. The maximum Gasteiger partial charge on any atom is 0.219 e. The lowest BCUT2D eigenvalue weighted by molar-refractivity contribution is -0.118. The number of hydrogen-bond donors (Lipinski definition) is 3. The van der Waals surface area contributed by atoms with Crippen molar-refractivity contribution < 1.29 is 4.79 Å². The molecule has 0 radical (unpaired) electrons. The molecule has 0 bridgehead atoms. The number of carbonyl (C=O) groups excluding carboxylic acids is 1. The van der Waals surface area contributed by atoms with Gasteiger partial charge in [-0.05, 0) is 25.1 Å². The summed E-state index contributed by atoms with van der Waals surface area (Å²) in [4.78, 5) is 10.7. The van der Waals surface area contributed by atoms with E-state index in [4.69, 9.17) is 16.7 Å². The molecule has 1 amide bonds. The van der Waals surface area contributed by atoms with E-state index in [1.807, 2.05) is 13.0 Å². The van der Waals surface area contributed by atoms with Crippen molar-refractivity contribution >= 4 is 17.3 Å². The third-order valence-corrected chi connectivity index (χ3v) is 2.07. The first kappa shape index (κ1) is 11.9. The van der Waals surface area contributed by atoms with Crippen molar-refractivity contribution in [2.24, 2.45) is 5.73 Å². The van der Waals surface area contributed by atoms with Gasteiger partial charge in [-0.25, -0.2) is 0 Å². The van der Waals surface area contributed by atoms with Gasteiger partial charge < -0.3 is 16.8 Å².